The predicted octanol–water partition coefficient (Wildman–Crippen LogP) is 2.68. The van der Waals surface area contributed by atoms with Crippen LogP contribution in [0.15, 0.2) is 72.6 Å². The van der Waals surface area contributed by atoms with Gasteiger partial charge in [-0.25, -0.2) is 4.79 Å². The lowest BCUT2D eigenvalue weighted by atomic mass is 10.2. The number of allylic oxidation sites excluding steroid dienone is 2. The fourth-order valence-corrected chi connectivity index (χ4v) is 3.64. The second-order valence-electron chi connectivity index (χ2n) is 6.70. The van der Waals surface area contributed by atoms with Gasteiger partial charge in [-0.05, 0) is 36.4 Å². The number of fused-ring (bicyclic) bond motifs is 2. The van der Waals surface area contributed by atoms with Gasteiger partial charge in [0, 0.05) is 6.20 Å². The van der Waals surface area contributed by atoms with E-state index in [9.17, 15) is 9.90 Å². The number of ether oxygens (including phenoxy) is 1. The number of carbonyl (C=O) groups excluding carboxylic acids is 1. The molecule has 0 aliphatic carbocycles. The SMILES string of the molecule is O=C1NC2=CC=CN(c3ccccc3Oc3nc4ccccc4n3CCO)C2N1. The molecule has 1 atom stereocenters. The van der Waals surface area contributed by atoms with Gasteiger partial charge < -0.3 is 25.4 Å². The number of rotatable bonds is 5. The molecule has 3 N–H and O–H groups in total. The van der Waals surface area contributed by atoms with E-state index in [1.165, 1.54) is 0 Å². The molecule has 1 unspecified atom stereocenters. The monoisotopic (exact) mass is 389 g/mol. The first-order chi connectivity index (χ1) is 14.2. The van der Waals surface area contributed by atoms with Crippen molar-refractivity contribution in [1.29, 1.82) is 0 Å². The zero-order valence-electron chi connectivity index (χ0n) is 15.4. The van der Waals surface area contributed by atoms with E-state index in [0.29, 0.717) is 18.3 Å². The maximum Gasteiger partial charge on any atom is 0.321 e. The molecule has 8 nitrogen and oxygen atoms in total. The van der Waals surface area contributed by atoms with Crippen LogP contribution < -0.4 is 20.3 Å². The maximum absolute atomic E-state index is 11.8. The largest absolute Gasteiger partial charge is 0.423 e. The van der Waals surface area contributed by atoms with Crippen LogP contribution in [0.5, 0.6) is 11.8 Å². The van der Waals surface area contributed by atoms with Crippen molar-refractivity contribution in [3.8, 4) is 11.8 Å². The Kier molecular flexibility index (Phi) is 4.18. The summed E-state index contributed by atoms with van der Waals surface area (Å²) in [6, 6.07) is 15.4. The third-order valence-electron chi connectivity index (χ3n) is 4.91. The van der Waals surface area contributed by atoms with Crippen LogP contribution in [0.4, 0.5) is 10.5 Å². The van der Waals surface area contributed by atoms with Crippen LogP contribution in [0.1, 0.15) is 0 Å². The van der Waals surface area contributed by atoms with Gasteiger partial charge in [-0.15, -0.1) is 0 Å². The third kappa shape index (κ3) is 2.99. The van der Waals surface area contributed by atoms with Crippen molar-refractivity contribution in [2.24, 2.45) is 0 Å². The summed E-state index contributed by atoms with van der Waals surface area (Å²) in [4.78, 5) is 18.3. The van der Waals surface area contributed by atoms with Crippen molar-refractivity contribution in [3.05, 3.63) is 72.6 Å². The van der Waals surface area contributed by atoms with Crippen LogP contribution in [0.25, 0.3) is 11.0 Å². The zero-order valence-corrected chi connectivity index (χ0v) is 15.4. The van der Waals surface area contributed by atoms with Crippen LogP contribution in [0.2, 0.25) is 0 Å². The average Bonchev–Trinajstić information content (AvgIpc) is 3.28. The van der Waals surface area contributed by atoms with Crippen molar-refractivity contribution in [3.63, 3.8) is 0 Å². The minimum Gasteiger partial charge on any atom is -0.423 e. The molecule has 2 aromatic carbocycles. The molecule has 5 rings (SSSR count). The smallest absolute Gasteiger partial charge is 0.321 e. The number of aromatic nitrogens is 2. The van der Waals surface area contributed by atoms with Gasteiger partial charge in [0.2, 0.25) is 0 Å². The van der Waals surface area contributed by atoms with Crippen molar-refractivity contribution < 1.29 is 14.6 Å². The quantitative estimate of drug-likeness (QED) is 0.624. The van der Waals surface area contributed by atoms with Crippen molar-refractivity contribution in [2.45, 2.75) is 12.7 Å². The van der Waals surface area contributed by atoms with Crippen LogP contribution in [0, 0.1) is 0 Å². The van der Waals surface area contributed by atoms with E-state index in [0.717, 1.165) is 22.4 Å². The van der Waals surface area contributed by atoms with Gasteiger partial charge in [0.1, 0.15) is 6.17 Å². The normalized spacial score (nSPS) is 17.7. The molecule has 0 radical (unpaired) electrons. The number of aliphatic hydroxyl groups excluding tert-OH is 1. The Bertz CT molecular complexity index is 1150. The Balaban J connectivity index is 1.54. The first-order valence-electron chi connectivity index (χ1n) is 9.32. The van der Waals surface area contributed by atoms with E-state index in [4.69, 9.17) is 4.74 Å². The number of amides is 2. The maximum atomic E-state index is 11.8. The number of anilines is 1. The summed E-state index contributed by atoms with van der Waals surface area (Å²) in [7, 11) is 0. The van der Waals surface area contributed by atoms with Crippen molar-refractivity contribution >= 4 is 22.8 Å². The fourth-order valence-electron chi connectivity index (χ4n) is 3.64. The number of urea groups is 1. The highest BCUT2D eigenvalue weighted by Gasteiger charge is 2.33. The second-order valence-corrected chi connectivity index (χ2v) is 6.70. The Morgan fingerprint density at radius 2 is 1.97 bits per heavy atom. The molecule has 0 spiro atoms. The van der Waals surface area contributed by atoms with E-state index in [-0.39, 0.29) is 18.8 Å². The number of hydrogen-bond acceptors (Lipinski definition) is 5. The minimum absolute atomic E-state index is 0.0266. The molecule has 2 aliphatic heterocycles. The lowest BCUT2D eigenvalue weighted by Crippen LogP contribution is -2.41. The molecule has 0 bridgehead atoms. The Morgan fingerprint density at radius 3 is 2.86 bits per heavy atom. The number of para-hydroxylation sites is 4. The molecule has 1 fully saturated rings. The number of imidazole rings is 1. The number of nitrogens with zero attached hydrogens (tertiary/aromatic N) is 3. The third-order valence-corrected chi connectivity index (χ3v) is 4.91. The Morgan fingerprint density at radius 1 is 1.14 bits per heavy atom. The highest BCUT2D eigenvalue weighted by molar-refractivity contribution is 5.83. The van der Waals surface area contributed by atoms with Gasteiger partial charge in [-0.3, -0.25) is 4.57 Å². The molecular formula is C21H19N5O3. The lowest BCUT2D eigenvalue weighted by molar-refractivity contribution is 0.247. The predicted molar refractivity (Wildman–Crippen MR) is 108 cm³/mol. The first kappa shape index (κ1) is 17.3. The van der Waals surface area contributed by atoms with Crippen LogP contribution in [0.3, 0.4) is 0 Å². The standard InChI is InChI=1S/C21H19N5O3/c27-13-12-26-16-8-2-1-6-14(16)23-21(26)29-18-10-4-3-9-17(18)25-11-5-7-15-19(25)24-20(28)22-15/h1-11,19,27H,12-13H2,(H2,22,24,28). The molecule has 1 saturated heterocycles. The highest BCUT2D eigenvalue weighted by atomic mass is 16.5. The summed E-state index contributed by atoms with van der Waals surface area (Å²) in [5.74, 6) is 0.592. The fraction of sp³-hybridized carbons (Fsp3) is 0.143. The number of aliphatic hydroxyl groups is 1. The molecule has 3 aromatic rings. The molecule has 2 amide bonds. The number of nitrogens with one attached hydrogen (secondary N) is 2. The van der Waals surface area contributed by atoms with E-state index in [1.807, 2.05) is 76.3 Å². The van der Waals surface area contributed by atoms with Crippen LogP contribution in [-0.2, 0) is 6.54 Å². The van der Waals surface area contributed by atoms with Crippen molar-refractivity contribution in [1.82, 2.24) is 20.2 Å². The molecule has 8 heteroatoms. The lowest BCUT2D eigenvalue weighted by Gasteiger charge is -2.30. The summed E-state index contributed by atoms with van der Waals surface area (Å²) in [5, 5.41) is 15.2. The van der Waals surface area contributed by atoms with E-state index < -0.39 is 0 Å². The second kappa shape index (κ2) is 6.99. The van der Waals surface area contributed by atoms with Crippen molar-refractivity contribution in [2.75, 3.05) is 11.5 Å². The Labute approximate surface area is 166 Å². The molecule has 0 saturated carbocycles. The molecule has 29 heavy (non-hydrogen) atoms. The van der Waals surface area contributed by atoms with Gasteiger partial charge in [0.05, 0.1) is 35.6 Å². The average molecular weight is 389 g/mol. The minimum atomic E-state index is -0.325. The van der Waals surface area contributed by atoms with Gasteiger partial charge in [-0.2, -0.15) is 4.98 Å². The van der Waals surface area contributed by atoms with E-state index >= 15 is 0 Å². The number of hydrogen-bond donors (Lipinski definition) is 3. The molecule has 3 heterocycles. The molecular weight excluding hydrogens is 370 g/mol. The van der Waals surface area contributed by atoms with E-state index in [2.05, 4.69) is 15.6 Å². The van der Waals surface area contributed by atoms with Crippen LogP contribution >= 0.6 is 0 Å². The molecule has 1 aromatic heterocycles. The summed E-state index contributed by atoms with van der Waals surface area (Å²) in [6.07, 6.45) is 5.30. The number of carbonyl (C=O) groups is 1. The van der Waals surface area contributed by atoms with Gasteiger partial charge in [0.25, 0.3) is 0 Å². The van der Waals surface area contributed by atoms with Gasteiger partial charge in [-0.1, -0.05) is 24.3 Å². The summed E-state index contributed by atoms with van der Waals surface area (Å²) < 4.78 is 8.07. The van der Waals surface area contributed by atoms with Gasteiger partial charge >= 0.3 is 12.0 Å². The topological polar surface area (TPSA) is 91.7 Å². The summed E-state index contributed by atoms with van der Waals surface area (Å²) >= 11 is 0. The zero-order chi connectivity index (χ0) is 19.8. The first-order valence-corrected chi connectivity index (χ1v) is 9.32. The summed E-state index contributed by atoms with van der Waals surface area (Å²) in [5.41, 5.74) is 3.25. The summed E-state index contributed by atoms with van der Waals surface area (Å²) in [6.45, 7) is 0.346. The molecule has 2 aliphatic rings. The molecule has 146 valence electrons. The van der Waals surface area contributed by atoms with Gasteiger partial charge in [0.15, 0.2) is 5.75 Å². The number of benzene rings is 2. The highest BCUT2D eigenvalue weighted by Crippen LogP contribution is 2.36. The Hall–Kier alpha value is -3.78. The van der Waals surface area contributed by atoms with E-state index in [1.54, 1.807) is 0 Å². The van der Waals surface area contributed by atoms with Crippen LogP contribution in [-0.4, -0.2) is 33.5 Å².